The number of morpholine rings is 1. The number of hydrogen-bond acceptors (Lipinski definition) is 5. The molecule has 0 amide bonds. The lowest BCUT2D eigenvalue weighted by Gasteiger charge is -2.41. The van der Waals surface area contributed by atoms with Crippen LogP contribution in [-0.2, 0) is 4.74 Å². The molecule has 6 heteroatoms. The number of aliphatic hydroxyl groups is 1. The van der Waals surface area contributed by atoms with Crippen LogP contribution in [-0.4, -0.2) is 48.0 Å². The lowest BCUT2D eigenvalue weighted by atomic mass is 9.77. The van der Waals surface area contributed by atoms with Crippen molar-refractivity contribution in [2.45, 2.75) is 31.4 Å². The highest BCUT2D eigenvalue weighted by atomic mass is 127. The van der Waals surface area contributed by atoms with Crippen molar-refractivity contribution in [3.05, 3.63) is 15.7 Å². The summed E-state index contributed by atoms with van der Waals surface area (Å²) >= 11 is 2.32. The fourth-order valence-electron chi connectivity index (χ4n) is 2.83. The second-order valence-electron chi connectivity index (χ2n) is 5.87. The molecule has 1 aromatic rings. The molecule has 2 N–H and O–H groups in total. The third kappa shape index (κ3) is 3.35. The molecule has 5 nitrogen and oxygen atoms in total. The minimum absolute atomic E-state index is 0.327. The molecule has 1 aromatic heterocycles. The summed E-state index contributed by atoms with van der Waals surface area (Å²) in [7, 11) is 0. The van der Waals surface area contributed by atoms with Gasteiger partial charge >= 0.3 is 0 Å². The third-order valence-corrected chi connectivity index (χ3v) is 4.46. The highest BCUT2D eigenvalue weighted by molar-refractivity contribution is 14.1. The molecule has 0 atom stereocenters. The van der Waals surface area contributed by atoms with Crippen LogP contribution in [0.4, 0.5) is 11.6 Å². The van der Waals surface area contributed by atoms with Crippen molar-refractivity contribution < 1.29 is 9.84 Å². The molecule has 2 heterocycles. The first-order valence-corrected chi connectivity index (χ1v) is 8.09. The molecule has 0 aromatic carbocycles. The number of halogens is 1. The smallest absolute Gasteiger partial charge is 0.132 e. The average Bonchev–Trinajstić information content (AvgIpc) is 2.37. The second kappa shape index (κ2) is 5.65. The van der Waals surface area contributed by atoms with E-state index in [2.05, 4.69) is 44.9 Å². The predicted molar refractivity (Wildman–Crippen MR) is 87.3 cm³/mol. The quantitative estimate of drug-likeness (QED) is 0.773. The Labute approximate surface area is 132 Å². The van der Waals surface area contributed by atoms with Gasteiger partial charge in [-0.25, -0.2) is 4.98 Å². The fourth-order valence-corrected chi connectivity index (χ4v) is 3.40. The minimum atomic E-state index is -0.507. The van der Waals surface area contributed by atoms with Gasteiger partial charge in [0.2, 0.25) is 0 Å². The molecule has 1 saturated heterocycles. The average molecular weight is 389 g/mol. The van der Waals surface area contributed by atoms with Crippen LogP contribution in [0.3, 0.4) is 0 Å². The van der Waals surface area contributed by atoms with E-state index in [1.807, 2.05) is 6.92 Å². The van der Waals surface area contributed by atoms with Crippen LogP contribution in [0, 0.1) is 3.57 Å². The zero-order valence-corrected chi connectivity index (χ0v) is 13.8. The Hall–Kier alpha value is -0.600. The summed E-state index contributed by atoms with van der Waals surface area (Å²) in [5.74, 6) is 1.91. The first-order valence-electron chi connectivity index (χ1n) is 7.01. The Bertz CT molecular complexity index is 481. The molecule has 1 aliphatic heterocycles. The molecular weight excluding hydrogens is 369 g/mol. The number of anilines is 2. The van der Waals surface area contributed by atoms with Crippen LogP contribution >= 0.6 is 22.6 Å². The van der Waals surface area contributed by atoms with Gasteiger partial charge < -0.3 is 20.1 Å². The van der Waals surface area contributed by atoms with Gasteiger partial charge in [-0.3, -0.25) is 0 Å². The highest BCUT2D eigenvalue weighted by Crippen LogP contribution is 2.34. The van der Waals surface area contributed by atoms with Crippen molar-refractivity contribution in [2.75, 3.05) is 36.5 Å². The Balaban J connectivity index is 1.70. The number of nitrogens with zero attached hydrogens (tertiary/aromatic N) is 2. The lowest BCUT2D eigenvalue weighted by Crippen LogP contribution is -2.48. The van der Waals surface area contributed by atoms with E-state index < -0.39 is 5.60 Å². The number of aromatic nitrogens is 1. The Morgan fingerprint density at radius 1 is 1.40 bits per heavy atom. The van der Waals surface area contributed by atoms with E-state index in [0.29, 0.717) is 6.04 Å². The maximum Gasteiger partial charge on any atom is 0.132 e. The van der Waals surface area contributed by atoms with Crippen LogP contribution in [0.5, 0.6) is 0 Å². The molecular formula is C14H20IN3O2. The molecule has 0 spiro atoms. The summed E-state index contributed by atoms with van der Waals surface area (Å²) in [5.41, 5.74) is -0.507. The van der Waals surface area contributed by atoms with Crippen LogP contribution in [0.2, 0.25) is 0 Å². The Kier molecular flexibility index (Phi) is 4.05. The van der Waals surface area contributed by atoms with Crippen LogP contribution in [0.15, 0.2) is 12.1 Å². The topological polar surface area (TPSA) is 57.6 Å². The van der Waals surface area contributed by atoms with Crippen LogP contribution in [0.25, 0.3) is 0 Å². The Morgan fingerprint density at radius 3 is 2.75 bits per heavy atom. The molecule has 0 bridgehead atoms. The van der Waals surface area contributed by atoms with E-state index in [1.54, 1.807) is 0 Å². The van der Waals surface area contributed by atoms with Crippen LogP contribution in [0.1, 0.15) is 19.8 Å². The summed E-state index contributed by atoms with van der Waals surface area (Å²) in [6.07, 6.45) is 1.57. The van der Waals surface area contributed by atoms with E-state index in [-0.39, 0.29) is 0 Å². The second-order valence-corrected chi connectivity index (χ2v) is 7.12. The number of rotatable bonds is 3. The number of nitrogens with one attached hydrogen (secondary N) is 1. The summed E-state index contributed by atoms with van der Waals surface area (Å²) in [6.45, 7) is 5.20. The van der Waals surface area contributed by atoms with Gasteiger partial charge in [-0.15, -0.1) is 0 Å². The fraction of sp³-hybridized carbons (Fsp3) is 0.643. The van der Waals surface area contributed by atoms with Crippen molar-refractivity contribution in [2.24, 2.45) is 0 Å². The minimum Gasteiger partial charge on any atom is -0.390 e. The van der Waals surface area contributed by atoms with Crippen molar-refractivity contribution >= 4 is 34.2 Å². The van der Waals surface area contributed by atoms with E-state index in [9.17, 15) is 5.11 Å². The van der Waals surface area contributed by atoms with Gasteiger partial charge in [-0.1, -0.05) is 0 Å². The molecule has 2 fully saturated rings. The van der Waals surface area contributed by atoms with Gasteiger partial charge in [0, 0.05) is 22.7 Å². The summed E-state index contributed by atoms with van der Waals surface area (Å²) < 4.78 is 6.55. The van der Waals surface area contributed by atoms with Gasteiger partial charge in [0.25, 0.3) is 0 Å². The standard InChI is InChI=1S/C14H20IN3O2/c1-14(19)8-11(9-14)16-12-6-10(15)7-13(17-12)18-2-4-20-5-3-18/h6-7,11,19H,2-5,8-9H2,1H3,(H,16,17)/t11-,14+. The monoisotopic (exact) mass is 389 g/mol. The molecule has 2 aliphatic rings. The largest absolute Gasteiger partial charge is 0.390 e. The van der Waals surface area contributed by atoms with Gasteiger partial charge in [0.05, 0.1) is 18.8 Å². The van der Waals surface area contributed by atoms with Gasteiger partial charge in [-0.2, -0.15) is 0 Å². The molecule has 0 unspecified atom stereocenters. The normalized spacial score (nSPS) is 29.9. The molecule has 1 aliphatic carbocycles. The van der Waals surface area contributed by atoms with E-state index in [4.69, 9.17) is 9.72 Å². The van der Waals surface area contributed by atoms with Crippen molar-refractivity contribution in [3.63, 3.8) is 0 Å². The van der Waals surface area contributed by atoms with Gasteiger partial charge in [-0.05, 0) is 54.5 Å². The maximum absolute atomic E-state index is 9.79. The van der Waals surface area contributed by atoms with Gasteiger partial charge in [0.1, 0.15) is 11.6 Å². The first-order chi connectivity index (χ1) is 9.52. The lowest BCUT2D eigenvalue weighted by molar-refractivity contribution is -0.0235. The highest BCUT2D eigenvalue weighted by Gasteiger charge is 2.38. The summed E-state index contributed by atoms with van der Waals surface area (Å²) in [5, 5.41) is 13.2. The van der Waals surface area contributed by atoms with Gasteiger partial charge in [0.15, 0.2) is 0 Å². The maximum atomic E-state index is 9.79. The molecule has 20 heavy (non-hydrogen) atoms. The van der Waals surface area contributed by atoms with E-state index in [0.717, 1.165) is 50.8 Å². The molecule has 1 saturated carbocycles. The third-order valence-electron chi connectivity index (χ3n) is 3.84. The van der Waals surface area contributed by atoms with Crippen LogP contribution < -0.4 is 10.2 Å². The SMILES string of the molecule is C[C@]1(O)C[C@@H](Nc2cc(I)cc(N3CCOCC3)n2)C1. The van der Waals surface area contributed by atoms with Crippen molar-refractivity contribution in [1.82, 2.24) is 4.98 Å². The summed E-state index contributed by atoms with van der Waals surface area (Å²) in [4.78, 5) is 6.96. The zero-order valence-electron chi connectivity index (χ0n) is 11.6. The first kappa shape index (κ1) is 14.3. The van der Waals surface area contributed by atoms with Crippen molar-refractivity contribution in [1.29, 1.82) is 0 Å². The zero-order chi connectivity index (χ0) is 14.2. The summed E-state index contributed by atoms with van der Waals surface area (Å²) in [6, 6.07) is 4.49. The van der Waals surface area contributed by atoms with E-state index >= 15 is 0 Å². The molecule has 3 rings (SSSR count). The number of hydrogen-bond donors (Lipinski definition) is 2. The van der Waals surface area contributed by atoms with Crippen molar-refractivity contribution in [3.8, 4) is 0 Å². The molecule has 0 radical (unpaired) electrons. The predicted octanol–water partition coefficient (Wildman–Crippen LogP) is 1.85. The Morgan fingerprint density at radius 2 is 2.10 bits per heavy atom. The van der Waals surface area contributed by atoms with E-state index in [1.165, 1.54) is 3.57 Å². The molecule has 110 valence electrons. The number of pyridine rings is 1. The number of ether oxygens (including phenoxy) is 1.